The van der Waals surface area contributed by atoms with E-state index in [0.29, 0.717) is 6.61 Å². The van der Waals surface area contributed by atoms with E-state index in [1.165, 1.54) is 12.1 Å². The molecule has 1 atom stereocenters. The first-order valence-corrected chi connectivity index (χ1v) is 7.24. The van der Waals surface area contributed by atoms with E-state index in [1.54, 1.807) is 13.0 Å². The molecule has 0 aromatic heterocycles. The molecule has 6 nitrogen and oxygen atoms in total. The predicted octanol–water partition coefficient (Wildman–Crippen LogP) is 2.86. The molecule has 0 aliphatic heterocycles. The van der Waals surface area contributed by atoms with Crippen LogP contribution >= 0.6 is 0 Å². The van der Waals surface area contributed by atoms with Gasteiger partial charge in [-0.1, -0.05) is 36.4 Å². The highest BCUT2D eigenvalue weighted by Crippen LogP contribution is 2.27. The molecule has 0 fully saturated rings. The van der Waals surface area contributed by atoms with Crippen LogP contribution in [0.5, 0.6) is 5.75 Å². The molecular weight excluding hydrogens is 298 g/mol. The van der Waals surface area contributed by atoms with Crippen molar-refractivity contribution in [2.24, 2.45) is 0 Å². The second-order valence-corrected chi connectivity index (χ2v) is 5.19. The topological polar surface area (TPSA) is 81.8 Å². The lowest BCUT2D eigenvalue weighted by atomic mass is 10.2. The first-order valence-electron chi connectivity index (χ1n) is 7.24. The summed E-state index contributed by atoms with van der Waals surface area (Å²) >= 11 is 0. The van der Waals surface area contributed by atoms with Gasteiger partial charge in [0, 0.05) is 6.07 Å². The molecule has 1 unspecified atom stereocenters. The van der Waals surface area contributed by atoms with Crippen molar-refractivity contribution in [1.82, 2.24) is 0 Å². The van der Waals surface area contributed by atoms with Gasteiger partial charge in [0.15, 0.2) is 5.75 Å². The first kappa shape index (κ1) is 16.9. The van der Waals surface area contributed by atoms with E-state index in [2.05, 4.69) is 0 Å². The highest BCUT2D eigenvalue weighted by Gasteiger charge is 2.16. The molecule has 0 aliphatic carbocycles. The minimum Gasteiger partial charge on any atom is -0.484 e. The van der Waals surface area contributed by atoms with Crippen molar-refractivity contribution in [3.63, 3.8) is 0 Å². The van der Waals surface area contributed by atoms with Crippen molar-refractivity contribution in [2.45, 2.75) is 19.6 Å². The van der Waals surface area contributed by atoms with Crippen molar-refractivity contribution < 1.29 is 19.5 Å². The van der Waals surface area contributed by atoms with Gasteiger partial charge in [-0.25, -0.2) is 0 Å². The predicted molar refractivity (Wildman–Crippen MR) is 85.4 cm³/mol. The maximum atomic E-state index is 11.0. The lowest BCUT2D eigenvalue weighted by Gasteiger charge is -2.13. The van der Waals surface area contributed by atoms with Gasteiger partial charge in [0.2, 0.25) is 0 Å². The van der Waals surface area contributed by atoms with Crippen LogP contribution in [-0.4, -0.2) is 29.3 Å². The van der Waals surface area contributed by atoms with Gasteiger partial charge in [0.05, 0.1) is 18.1 Å². The van der Waals surface area contributed by atoms with Crippen LogP contribution < -0.4 is 4.74 Å². The van der Waals surface area contributed by atoms with Crippen LogP contribution in [-0.2, 0) is 11.3 Å². The second-order valence-electron chi connectivity index (χ2n) is 5.19. The highest BCUT2D eigenvalue weighted by atomic mass is 16.6. The van der Waals surface area contributed by atoms with E-state index in [-0.39, 0.29) is 24.7 Å². The number of aliphatic hydroxyl groups is 1. The molecule has 2 aromatic rings. The maximum Gasteiger partial charge on any atom is 0.311 e. The van der Waals surface area contributed by atoms with Crippen molar-refractivity contribution in [3.05, 3.63) is 69.8 Å². The Labute approximate surface area is 134 Å². The smallest absolute Gasteiger partial charge is 0.311 e. The van der Waals surface area contributed by atoms with E-state index < -0.39 is 11.0 Å². The first-order chi connectivity index (χ1) is 11.1. The number of benzene rings is 2. The molecule has 6 heteroatoms. The Balaban J connectivity index is 1.80. The molecule has 2 rings (SSSR count). The molecule has 0 radical (unpaired) electrons. The normalized spacial score (nSPS) is 11.9. The Morgan fingerprint density at radius 2 is 1.91 bits per heavy atom. The number of ether oxygens (including phenoxy) is 2. The van der Waals surface area contributed by atoms with Crippen LogP contribution in [0, 0.1) is 17.0 Å². The summed E-state index contributed by atoms with van der Waals surface area (Å²) < 4.78 is 10.7. The average molecular weight is 317 g/mol. The van der Waals surface area contributed by atoms with Crippen LogP contribution in [0.4, 0.5) is 5.69 Å². The fourth-order valence-corrected chi connectivity index (χ4v) is 2.01. The molecule has 0 spiro atoms. The van der Waals surface area contributed by atoms with Crippen molar-refractivity contribution in [1.29, 1.82) is 0 Å². The van der Waals surface area contributed by atoms with Gasteiger partial charge in [-0.05, 0) is 24.1 Å². The molecule has 1 N–H and O–H groups in total. The maximum absolute atomic E-state index is 11.0. The summed E-state index contributed by atoms with van der Waals surface area (Å²) in [4.78, 5) is 10.5. The van der Waals surface area contributed by atoms with Crippen LogP contribution in [0.3, 0.4) is 0 Å². The molecule has 0 saturated heterocycles. The van der Waals surface area contributed by atoms with E-state index in [4.69, 9.17) is 9.47 Å². The Morgan fingerprint density at radius 1 is 1.17 bits per heavy atom. The molecule has 23 heavy (non-hydrogen) atoms. The third-order valence-corrected chi connectivity index (χ3v) is 3.16. The SMILES string of the molecule is Cc1ccc(OCC(O)COCc2ccccc2)c([N+](=O)[O-])c1. The van der Waals surface area contributed by atoms with Gasteiger partial charge in [0.25, 0.3) is 0 Å². The fraction of sp³-hybridized carbons (Fsp3) is 0.294. The van der Waals surface area contributed by atoms with Crippen molar-refractivity contribution >= 4 is 5.69 Å². The summed E-state index contributed by atoms with van der Waals surface area (Å²) in [5, 5.41) is 20.8. The summed E-state index contributed by atoms with van der Waals surface area (Å²) in [5.41, 5.74) is 1.67. The minimum atomic E-state index is -0.861. The Hall–Kier alpha value is -2.44. The molecular formula is C17H19NO5. The summed E-state index contributed by atoms with van der Waals surface area (Å²) in [6.07, 6.45) is -0.861. The number of rotatable bonds is 8. The van der Waals surface area contributed by atoms with Crippen LogP contribution in [0.25, 0.3) is 0 Å². The quantitative estimate of drug-likeness (QED) is 0.598. The largest absolute Gasteiger partial charge is 0.484 e. The molecule has 0 amide bonds. The zero-order valence-electron chi connectivity index (χ0n) is 12.8. The third kappa shape index (κ3) is 5.36. The molecule has 122 valence electrons. The monoisotopic (exact) mass is 317 g/mol. The van der Waals surface area contributed by atoms with Gasteiger partial charge in [-0.15, -0.1) is 0 Å². The molecule has 0 heterocycles. The van der Waals surface area contributed by atoms with Gasteiger partial charge >= 0.3 is 5.69 Å². The Morgan fingerprint density at radius 3 is 2.61 bits per heavy atom. The zero-order valence-corrected chi connectivity index (χ0v) is 12.8. The van der Waals surface area contributed by atoms with Gasteiger partial charge in [-0.2, -0.15) is 0 Å². The van der Waals surface area contributed by atoms with E-state index in [9.17, 15) is 15.2 Å². The number of hydrogen-bond donors (Lipinski definition) is 1. The van der Waals surface area contributed by atoms with Crippen LogP contribution in [0.1, 0.15) is 11.1 Å². The average Bonchev–Trinajstić information content (AvgIpc) is 2.54. The highest BCUT2D eigenvalue weighted by molar-refractivity contribution is 5.48. The number of nitrogens with zero attached hydrogens (tertiary/aromatic N) is 1. The summed E-state index contributed by atoms with van der Waals surface area (Å²) in [6, 6.07) is 14.3. The van der Waals surface area contributed by atoms with Gasteiger partial charge in [0.1, 0.15) is 12.7 Å². The second kappa shape index (κ2) is 8.26. The minimum absolute atomic E-state index is 0.0707. The van der Waals surface area contributed by atoms with Gasteiger partial charge in [-0.3, -0.25) is 10.1 Å². The molecule has 0 saturated carbocycles. The lowest BCUT2D eigenvalue weighted by Crippen LogP contribution is -2.23. The zero-order chi connectivity index (χ0) is 16.7. The van der Waals surface area contributed by atoms with E-state index in [1.807, 2.05) is 30.3 Å². The molecule has 0 aliphatic rings. The Bertz CT molecular complexity index is 645. The number of nitro groups is 1. The number of nitro benzene ring substituents is 1. The fourth-order valence-electron chi connectivity index (χ4n) is 2.01. The number of aryl methyl sites for hydroxylation is 1. The number of aliphatic hydroxyl groups excluding tert-OH is 1. The van der Waals surface area contributed by atoms with Crippen LogP contribution in [0.2, 0.25) is 0 Å². The van der Waals surface area contributed by atoms with E-state index >= 15 is 0 Å². The van der Waals surface area contributed by atoms with Crippen molar-refractivity contribution in [3.8, 4) is 5.75 Å². The molecule has 0 bridgehead atoms. The third-order valence-electron chi connectivity index (χ3n) is 3.16. The van der Waals surface area contributed by atoms with Crippen LogP contribution in [0.15, 0.2) is 48.5 Å². The number of hydrogen-bond acceptors (Lipinski definition) is 5. The summed E-state index contributed by atoms with van der Waals surface area (Å²) in [6.45, 7) is 2.18. The lowest BCUT2D eigenvalue weighted by molar-refractivity contribution is -0.386. The van der Waals surface area contributed by atoms with E-state index in [0.717, 1.165) is 11.1 Å². The Kier molecular flexibility index (Phi) is 6.08. The van der Waals surface area contributed by atoms with Gasteiger partial charge < -0.3 is 14.6 Å². The van der Waals surface area contributed by atoms with Crippen molar-refractivity contribution in [2.75, 3.05) is 13.2 Å². The summed E-state index contributed by atoms with van der Waals surface area (Å²) in [7, 11) is 0. The summed E-state index contributed by atoms with van der Waals surface area (Å²) in [5.74, 6) is 0.141. The molecule has 2 aromatic carbocycles. The standard InChI is InChI=1S/C17H19NO5/c1-13-7-8-17(16(9-13)18(20)21)23-12-15(19)11-22-10-14-5-3-2-4-6-14/h2-9,15,19H,10-12H2,1H3.